The van der Waals surface area contributed by atoms with Crippen molar-refractivity contribution in [2.45, 2.75) is 58.9 Å². The van der Waals surface area contributed by atoms with Crippen LogP contribution in [0.4, 0.5) is 28.6 Å². The zero-order valence-corrected chi connectivity index (χ0v) is 24.4. The van der Waals surface area contributed by atoms with Crippen molar-refractivity contribution < 1.29 is 41.7 Å². The molecule has 0 bridgehead atoms. The number of ether oxygens (including phenoxy) is 4. The molecule has 0 saturated carbocycles. The van der Waals surface area contributed by atoms with Gasteiger partial charge in [0.25, 0.3) is 0 Å². The number of anilines is 1. The smallest absolute Gasteiger partial charge is 0.469 e. The number of urea groups is 1. The van der Waals surface area contributed by atoms with Gasteiger partial charge in [-0.1, -0.05) is 24.3 Å². The molecular weight excluding hydrogens is 571 g/mol. The molecule has 0 atom stereocenters. The molecule has 2 heterocycles. The van der Waals surface area contributed by atoms with E-state index in [-0.39, 0.29) is 30.7 Å². The van der Waals surface area contributed by atoms with Crippen LogP contribution in [0.3, 0.4) is 0 Å². The number of halogens is 3. The largest absolute Gasteiger partial charge is 0.573 e. The van der Waals surface area contributed by atoms with Crippen LogP contribution in [0, 0.1) is 6.92 Å². The van der Waals surface area contributed by atoms with Crippen LogP contribution in [0.1, 0.15) is 37.5 Å². The fraction of sp³-hybridized carbons (Fsp3) is 0.414. The van der Waals surface area contributed by atoms with Crippen LogP contribution >= 0.6 is 0 Å². The van der Waals surface area contributed by atoms with Crippen LogP contribution in [-0.2, 0) is 22.6 Å². The quantitative estimate of drug-likeness (QED) is 0.329. The van der Waals surface area contributed by atoms with Crippen LogP contribution in [0.5, 0.6) is 11.6 Å². The number of benzene rings is 2. The molecule has 4 rings (SSSR count). The number of hydrogen-bond acceptors (Lipinski definition) is 7. The van der Waals surface area contributed by atoms with Crippen LogP contribution < -0.4 is 20.1 Å². The standard InChI is InChI=1S/C29H34F3N5O6/c1-18-24(34-26(38)33-14-20-13-19(17-40-5)11-12-23(20)42-29(30,31)32)37(21-9-7-6-8-10-21)35-25(18)41-22-15-36(16-22)27(39)43-28(2,3)4/h6-13,22H,14-17H2,1-5H3,(H2,33,34,38). The van der Waals surface area contributed by atoms with Crippen molar-refractivity contribution >= 4 is 17.9 Å². The Morgan fingerprint density at radius 3 is 2.40 bits per heavy atom. The Morgan fingerprint density at radius 2 is 1.77 bits per heavy atom. The normalized spacial score (nSPS) is 13.7. The third-order valence-corrected chi connectivity index (χ3v) is 6.19. The average Bonchev–Trinajstić information content (AvgIpc) is 3.19. The van der Waals surface area contributed by atoms with Gasteiger partial charge in [-0.25, -0.2) is 14.3 Å². The number of rotatable bonds is 9. The Labute approximate surface area is 246 Å². The number of methoxy groups -OCH3 is 1. The molecule has 0 unspecified atom stereocenters. The van der Waals surface area contributed by atoms with Crippen molar-refractivity contribution in [1.29, 1.82) is 0 Å². The highest BCUT2D eigenvalue weighted by Crippen LogP contribution is 2.31. The van der Waals surface area contributed by atoms with E-state index in [0.717, 1.165) is 0 Å². The number of carbonyl (C=O) groups excluding carboxylic acids is 2. The summed E-state index contributed by atoms with van der Waals surface area (Å²) in [5.74, 6) is 0.109. The Kier molecular flexibility index (Phi) is 9.38. The van der Waals surface area contributed by atoms with Crippen LogP contribution in [-0.4, -0.2) is 65.1 Å². The number of alkyl halides is 3. The van der Waals surface area contributed by atoms with Gasteiger partial charge in [-0.15, -0.1) is 18.3 Å². The molecule has 1 aromatic heterocycles. The maximum Gasteiger partial charge on any atom is 0.573 e. The van der Waals surface area contributed by atoms with Crippen molar-refractivity contribution in [3.8, 4) is 17.3 Å². The number of nitrogens with one attached hydrogen (secondary N) is 2. The van der Waals surface area contributed by atoms with Crippen molar-refractivity contribution in [2.24, 2.45) is 0 Å². The maximum atomic E-state index is 13.0. The van der Waals surface area contributed by atoms with Gasteiger partial charge in [-0.05, 0) is 57.5 Å². The lowest BCUT2D eigenvalue weighted by molar-refractivity contribution is -0.274. The first-order valence-electron chi connectivity index (χ1n) is 13.4. The second-order valence-corrected chi connectivity index (χ2v) is 10.9. The number of para-hydroxylation sites is 1. The third kappa shape index (κ3) is 8.53. The van der Waals surface area contributed by atoms with Gasteiger partial charge in [0.15, 0.2) is 0 Å². The molecule has 2 N–H and O–H groups in total. The van der Waals surface area contributed by atoms with Gasteiger partial charge in [0.05, 0.1) is 30.9 Å². The SMILES string of the molecule is COCc1ccc(OC(F)(F)F)c(CNC(=O)Nc2c(C)c(OC3CN(C(=O)OC(C)(C)C)C3)nn2-c2ccccc2)c1. The molecule has 1 fully saturated rings. The van der Waals surface area contributed by atoms with Crippen LogP contribution in [0.15, 0.2) is 48.5 Å². The van der Waals surface area contributed by atoms with Crippen molar-refractivity contribution in [3.05, 3.63) is 65.2 Å². The summed E-state index contributed by atoms with van der Waals surface area (Å²) in [4.78, 5) is 26.8. The van der Waals surface area contributed by atoms with Gasteiger partial charge in [0, 0.05) is 19.2 Å². The summed E-state index contributed by atoms with van der Waals surface area (Å²) >= 11 is 0. The summed E-state index contributed by atoms with van der Waals surface area (Å²) in [5, 5.41) is 9.86. The molecule has 0 radical (unpaired) electrons. The van der Waals surface area contributed by atoms with E-state index in [1.165, 1.54) is 34.9 Å². The molecule has 1 aliphatic rings. The minimum atomic E-state index is -4.90. The zero-order chi connectivity index (χ0) is 31.4. The summed E-state index contributed by atoms with van der Waals surface area (Å²) in [6, 6.07) is 12.4. The van der Waals surface area contributed by atoms with Crippen molar-refractivity contribution in [3.63, 3.8) is 0 Å². The van der Waals surface area contributed by atoms with Gasteiger partial charge in [0.1, 0.15) is 23.3 Å². The van der Waals surface area contributed by atoms with Gasteiger partial charge in [0.2, 0.25) is 5.88 Å². The molecule has 1 saturated heterocycles. The lowest BCUT2D eigenvalue weighted by Gasteiger charge is -2.39. The fourth-order valence-electron chi connectivity index (χ4n) is 4.22. The monoisotopic (exact) mass is 605 g/mol. The number of carbonyl (C=O) groups is 2. The summed E-state index contributed by atoms with van der Waals surface area (Å²) in [6.07, 6.45) is -5.67. The molecule has 11 nitrogen and oxygen atoms in total. The number of aromatic nitrogens is 2. The summed E-state index contributed by atoms with van der Waals surface area (Å²) in [6.45, 7) is 7.59. The average molecular weight is 606 g/mol. The van der Waals surface area contributed by atoms with E-state index in [0.29, 0.717) is 35.7 Å². The Hall–Kier alpha value is -4.46. The molecule has 3 aromatic rings. The molecular formula is C29H34F3N5O6. The maximum absolute atomic E-state index is 13.0. The molecule has 43 heavy (non-hydrogen) atoms. The Bertz CT molecular complexity index is 1430. The minimum Gasteiger partial charge on any atom is -0.469 e. The van der Waals surface area contributed by atoms with E-state index in [1.807, 2.05) is 6.07 Å². The highest BCUT2D eigenvalue weighted by molar-refractivity contribution is 5.89. The molecule has 2 aromatic carbocycles. The van der Waals surface area contributed by atoms with Crippen LogP contribution in [0.25, 0.3) is 5.69 Å². The van der Waals surface area contributed by atoms with E-state index in [4.69, 9.17) is 14.2 Å². The first-order valence-corrected chi connectivity index (χ1v) is 13.4. The second kappa shape index (κ2) is 12.8. The van der Waals surface area contributed by atoms with Gasteiger partial charge < -0.3 is 29.2 Å². The van der Waals surface area contributed by atoms with E-state index >= 15 is 0 Å². The lowest BCUT2D eigenvalue weighted by Crippen LogP contribution is -2.57. The number of likely N-dealkylation sites (tertiary alicyclic amines) is 1. The first kappa shape index (κ1) is 31.5. The van der Waals surface area contributed by atoms with Gasteiger partial charge >= 0.3 is 18.5 Å². The first-order chi connectivity index (χ1) is 20.2. The second-order valence-electron chi connectivity index (χ2n) is 10.9. The number of hydrogen-bond donors (Lipinski definition) is 2. The molecule has 3 amide bonds. The summed E-state index contributed by atoms with van der Waals surface area (Å²) < 4.78 is 61.0. The highest BCUT2D eigenvalue weighted by Gasteiger charge is 2.36. The fourth-order valence-corrected chi connectivity index (χ4v) is 4.22. The number of nitrogens with zero attached hydrogens (tertiary/aromatic N) is 3. The molecule has 232 valence electrons. The van der Waals surface area contributed by atoms with Crippen LogP contribution in [0.2, 0.25) is 0 Å². The predicted molar refractivity (Wildman–Crippen MR) is 150 cm³/mol. The molecule has 1 aliphatic heterocycles. The van der Waals surface area contributed by atoms with E-state index in [9.17, 15) is 22.8 Å². The Balaban J connectivity index is 1.48. The molecule has 14 heteroatoms. The lowest BCUT2D eigenvalue weighted by atomic mass is 10.1. The zero-order valence-electron chi connectivity index (χ0n) is 24.4. The predicted octanol–water partition coefficient (Wildman–Crippen LogP) is 5.55. The molecule has 0 spiro atoms. The van der Waals surface area contributed by atoms with Crippen molar-refractivity contribution in [2.75, 3.05) is 25.5 Å². The van der Waals surface area contributed by atoms with Gasteiger partial charge in [-0.3, -0.25) is 5.32 Å². The van der Waals surface area contributed by atoms with Crippen molar-refractivity contribution in [1.82, 2.24) is 20.0 Å². The number of amides is 3. The van der Waals surface area contributed by atoms with E-state index in [1.54, 1.807) is 52.0 Å². The summed E-state index contributed by atoms with van der Waals surface area (Å²) in [5.41, 5.74) is 1.24. The third-order valence-electron chi connectivity index (χ3n) is 6.19. The van der Waals surface area contributed by atoms with Gasteiger partial charge in [-0.2, -0.15) is 0 Å². The Morgan fingerprint density at radius 1 is 1.07 bits per heavy atom. The van der Waals surface area contributed by atoms with E-state index in [2.05, 4.69) is 20.5 Å². The topological polar surface area (TPSA) is 116 Å². The minimum absolute atomic E-state index is 0.110. The summed E-state index contributed by atoms with van der Waals surface area (Å²) in [7, 11) is 1.46. The molecule has 0 aliphatic carbocycles. The van der Waals surface area contributed by atoms with E-state index < -0.39 is 29.8 Å². The highest BCUT2D eigenvalue weighted by atomic mass is 19.4.